The lowest BCUT2D eigenvalue weighted by Gasteiger charge is -2.44. The maximum atomic E-state index is 12.5. The van der Waals surface area contributed by atoms with E-state index in [4.69, 9.17) is 16.3 Å². The van der Waals surface area contributed by atoms with Crippen molar-refractivity contribution in [1.82, 2.24) is 9.80 Å². The Morgan fingerprint density at radius 3 is 2.64 bits per heavy atom. The largest absolute Gasteiger partial charge is 0.490 e. The summed E-state index contributed by atoms with van der Waals surface area (Å²) in [4.78, 5) is 16.9. The predicted molar refractivity (Wildman–Crippen MR) is 103 cm³/mol. The number of ether oxygens (including phenoxy) is 1. The van der Waals surface area contributed by atoms with Crippen molar-refractivity contribution in [3.8, 4) is 5.75 Å². The molecule has 1 saturated carbocycles. The van der Waals surface area contributed by atoms with Gasteiger partial charge in [0.15, 0.2) is 0 Å². The first kappa shape index (κ1) is 17.5. The van der Waals surface area contributed by atoms with Gasteiger partial charge in [0.05, 0.1) is 16.5 Å². The van der Waals surface area contributed by atoms with Crippen LogP contribution in [0.15, 0.2) is 18.2 Å². The Bertz CT molecular complexity index is 624. The van der Waals surface area contributed by atoms with Crippen LogP contribution < -0.4 is 4.74 Å². The van der Waals surface area contributed by atoms with Gasteiger partial charge in [-0.25, -0.2) is 0 Å². The van der Waals surface area contributed by atoms with E-state index in [1.807, 2.05) is 17.0 Å². The van der Waals surface area contributed by atoms with E-state index in [-0.39, 0.29) is 12.0 Å². The fourth-order valence-corrected chi connectivity index (χ4v) is 5.09. The fraction of sp³-hybridized carbons (Fsp3) is 0.632. The summed E-state index contributed by atoms with van der Waals surface area (Å²) in [5.74, 6) is 2.56. The van der Waals surface area contributed by atoms with E-state index < -0.39 is 0 Å². The summed E-state index contributed by atoms with van der Waals surface area (Å²) in [5.41, 5.74) is 0.580. The molecule has 1 aromatic rings. The van der Waals surface area contributed by atoms with Crippen molar-refractivity contribution in [2.45, 2.75) is 44.2 Å². The molecule has 0 N–H and O–H groups in total. The Kier molecular flexibility index (Phi) is 5.44. The van der Waals surface area contributed by atoms with E-state index in [0.29, 0.717) is 16.6 Å². The zero-order valence-electron chi connectivity index (χ0n) is 14.5. The molecule has 3 fully saturated rings. The number of benzene rings is 1. The van der Waals surface area contributed by atoms with Gasteiger partial charge in [0.1, 0.15) is 11.9 Å². The monoisotopic (exact) mass is 380 g/mol. The van der Waals surface area contributed by atoms with Crippen LogP contribution in [0.2, 0.25) is 5.02 Å². The van der Waals surface area contributed by atoms with Crippen molar-refractivity contribution >= 4 is 29.3 Å². The Labute approximate surface area is 158 Å². The number of carbonyl (C=O) groups is 1. The Balaban J connectivity index is 1.31. The quantitative estimate of drug-likeness (QED) is 0.793. The van der Waals surface area contributed by atoms with Gasteiger partial charge in [0.2, 0.25) is 0 Å². The third-order valence-electron chi connectivity index (χ3n) is 5.49. The minimum atomic E-state index is 0.0235. The van der Waals surface area contributed by atoms with Gasteiger partial charge in [-0.15, -0.1) is 11.8 Å². The fourth-order valence-electron chi connectivity index (χ4n) is 3.90. The van der Waals surface area contributed by atoms with Crippen LogP contribution in [0.25, 0.3) is 0 Å². The second-order valence-corrected chi connectivity index (χ2v) is 8.69. The molecular formula is C19H25ClN2O2S. The van der Waals surface area contributed by atoms with Crippen molar-refractivity contribution in [3.63, 3.8) is 0 Å². The minimum Gasteiger partial charge on any atom is -0.490 e. The number of rotatable bonds is 4. The van der Waals surface area contributed by atoms with Gasteiger partial charge in [-0.3, -0.25) is 4.79 Å². The number of hydrogen-bond donors (Lipinski definition) is 0. The first-order valence-corrected chi connectivity index (χ1v) is 10.8. The van der Waals surface area contributed by atoms with E-state index in [0.717, 1.165) is 36.8 Å². The van der Waals surface area contributed by atoms with Gasteiger partial charge >= 0.3 is 0 Å². The molecule has 25 heavy (non-hydrogen) atoms. The molecule has 0 spiro atoms. The van der Waals surface area contributed by atoms with Crippen LogP contribution in [0.1, 0.15) is 42.5 Å². The average molecular weight is 381 g/mol. The molecule has 136 valence electrons. The van der Waals surface area contributed by atoms with Crippen molar-refractivity contribution in [3.05, 3.63) is 28.8 Å². The lowest BCUT2D eigenvalue weighted by atomic mass is 9.86. The lowest BCUT2D eigenvalue weighted by Crippen LogP contribution is -2.50. The molecule has 3 aliphatic rings. The molecule has 0 unspecified atom stereocenters. The molecule has 0 bridgehead atoms. The highest BCUT2D eigenvalue weighted by atomic mass is 35.5. The second kappa shape index (κ2) is 7.77. The summed E-state index contributed by atoms with van der Waals surface area (Å²) in [6, 6.07) is 6.18. The number of hydrogen-bond acceptors (Lipinski definition) is 4. The van der Waals surface area contributed by atoms with Crippen molar-refractivity contribution < 1.29 is 9.53 Å². The maximum absolute atomic E-state index is 12.5. The Morgan fingerprint density at radius 1 is 1.16 bits per heavy atom. The zero-order chi connectivity index (χ0) is 17.2. The van der Waals surface area contributed by atoms with E-state index in [9.17, 15) is 4.79 Å². The van der Waals surface area contributed by atoms with Crippen LogP contribution >= 0.6 is 23.4 Å². The molecule has 2 saturated heterocycles. The van der Waals surface area contributed by atoms with E-state index in [2.05, 4.69) is 4.90 Å². The molecule has 0 radical (unpaired) electrons. The first-order valence-electron chi connectivity index (χ1n) is 9.28. The summed E-state index contributed by atoms with van der Waals surface area (Å²) in [5, 5.41) is 0.492. The smallest absolute Gasteiger partial charge is 0.256 e. The summed E-state index contributed by atoms with van der Waals surface area (Å²) in [6.07, 6.45) is 6.53. The summed E-state index contributed by atoms with van der Waals surface area (Å²) >= 11 is 8.13. The second-order valence-electron chi connectivity index (χ2n) is 7.21. The van der Waals surface area contributed by atoms with Crippen LogP contribution in [0, 0.1) is 0 Å². The summed E-state index contributed by atoms with van der Waals surface area (Å²) < 4.78 is 6.07. The number of thioether (sulfide) groups is 1. The predicted octanol–water partition coefficient (Wildman–Crippen LogP) is 3.88. The molecule has 1 aliphatic carbocycles. The molecule has 6 heteroatoms. The van der Waals surface area contributed by atoms with Gasteiger partial charge in [-0.1, -0.05) is 18.0 Å². The van der Waals surface area contributed by atoms with Crippen molar-refractivity contribution in [2.24, 2.45) is 0 Å². The van der Waals surface area contributed by atoms with Crippen LogP contribution in [-0.4, -0.2) is 59.1 Å². The SMILES string of the molecule is O=C(c1ccc(O[C@H]2C[C@H](N3CCCCC3)C2)cc1Cl)N1CCSC1. The number of nitrogens with zero attached hydrogens (tertiary/aromatic N) is 2. The van der Waals surface area contributed by atoms with Gasteiger partial charge < -0.3 is 14.5 Å². The molecular weight excluding hydrogens is 356 g/mol. The number of carbonyl (C=O) groups excluding carboxylic acids is 1. The molecule has 0 aromatic heterocycles. The molecule has 1 aromatic carbocycles. The van der Waals surface area contributed by atoms with Gasteiger partial charge in [-0.2, -0.15) is 0 Å². The molecule has 4 nitrogen and oxygen atoms in total. The highest BCUT2D eigenvalue weighted by Crippen LogP contribution is 2.33. The normalized spacial score (nSPS) is 27.2. The highest BCUT2D eigenvalue weighted by molar-refractivity contribution is 7.99. The average Bonchev–Trinajstić information content (AvgIpc) is 3.13. The molecule has 4 rings (SSSR count). The summed E-state index contributed by atoms with van der Waals surface area (Å²) in [6.45, 7) is 3.29. The molecule has 0 atom stereocenters. The standard InChI is InChI=1S/C19H25ClN2O2S/c20-18-12-15(4-5-17(18)19(23)22-8-9-25-13-22)24-16-10-14(11-16)21-6-2-1-3-7-21/h4-5,12,14,16H,1-3,6-11,13H2/t14-,16-. The highest BCUT2D eigenvalue weighted by Gasteiger charge is 2.35. The third-order valence-corrected chi connectivity index (χ3v) is 6.77. The maximum Gasteiger partial charge on any atom is 0.256 e. The Morgan fingerprint density at radius 2 is 1.96 bits per heavy atom. The van der Waals surface area contributed by atoms with Crippen LogP contribution in [0.4, 0.5) is 0 Å². The van der Waals surface area contributed by atoms with E-state index in [1.165, 1.54) is 32.4 Å². The van der Waals surface area contributed by atoms with Gasteiger partial charge in [0, 0.05) is 31.2 Å². The first-order chi connectivity index (χ1) is 12.2. The van der Waals surface area contributed by atoms with Crippen LogP contribution in [-0.2, 0) is 0 Å². The zero-order valence-corrected chi connectivity index (χ0v) is 16.0. The lowest BCUT2D eigenvalue weighted by molar-refractivity contribution is 0.00892. The van der Waals surface area contributed by atoms with Crippen LogP contribution in [0.5, 0.6) is 5.75 Å². The van der Waals surface area contributed by atoms with Gasteiger partial charge in [0.25, 0.3) is 5.91 Å². The van der Waals surface area contributed by atoms with Gasteiger partial charge in [-0.05, 0) is 44.1 Å². The molecule has 2 heterocycles. The van der Waals surface area contributed by atoms with E-state index in [1.54, 1.807) is 17.8 Å². The third kappa shape index (κ3) is 3.93. The van der Waals surface area contributed by atoms with Crippen molar-refractivity contribution in [2.75, 3.05) is 31.3 Å². The number of halogens is 1. The topological polar surface area (TPSA) is 32.8 Å². The van der Waals surface area contributed by atoms with Crippen LogP contribution in [0.3, 0.4) is 0 Å². The number of piperidine rings is 1. The Hall–Kier alpha value is -0.910. The number of likely N-dealkylation sites (tertiary alicyclic amines) is 1. The minimum absolute atomic E-state index is 0.0235. The molecule has 1 amide bonds. The van der Waals surface area contributed by atoms with Crippen molar-refractivity contribution in [1.29, 1.82) is 0 Å². The summed E-state index contributed by atoms with van der Waals surface area (Å²) in [7, 11) is 0. The van der Waals surface area contributed by atoms with E-state index >= 15 is 0 Å². The number of amides is 1. The molecule has 2 aliphatic heterocycles.